The van der Waals surface area contributed by atoms with Gasteiger partial charge in [0.2, 0.25) is 0 Å². The Labute approximate surface area is 119 Å². The van der Waals surface area contributed by atoms with Crippen LogP contribution in [0.3, 0.4) is 0 Å². The van der Waals surface area contributed by atoms with Gasteiger partial charge in [-0.2, -0.15) is 0 Å². The monoisotopic (exact) mass is 278 g/mol. The standard InChI is InChI=1S/C16H23FN2O/c1-20-15-5-2-12(17)10-14(15)16(11-18)6-8-19(9-7-16)13-3-4-13/h2,5,10,13H,3-4,6-9,11,18H2,1H3. The largest absolute Gasteiger partial charge is 0.496 e. The Balaban J connectivity index is 1.87. The molecule has 1 aromatic carbocycles. The molecule has 0 spiro atoms. The number of hydrogen-bond acceptors (Lipinski definition) is 3. The smallest absolute Gasteiger partial charge is 0.123 e. The van der Waals surface area contributed by atoms with Crippen LogP contribution in [0.4, 0.5) is 4.39 Å². The molecule has 110 valence electrons. The average Bonchev–Trinajstić information content (AvgIpc) is 3.32. The van der Waals surface area contributed by atoms with Crippen molar-refractivity contribution in [2.45, 2.75) is 37.1 Å². The van der Waals surface area contributed by atoms with E-state index in [1.807, 2.05) is 0 Å². The lowest BCUT2D eigenvalue weighted by Crippen LogP contribution is -2.47. The molecule has 0 atom stereocenters. The van der Waals surface area contributed by atoms with Crippen LogP contribution < -0.4 is 10.5 Å². The minimum atomic E-state index is -0.210. The molecular weight excluding hydrogens is 255 g/mol. The third-order valence-corrected chi connectivity index (χ3v) is 4.94. The summed E-state index contributed by atoms with van der Waals surface area (Å²) in [5.41, 5.74) is 6.89. The molecule has 0 amide bonds. The van der Waals surface area contributed by atoms with Crippen LogP contribution in [0.5, 0.6) is 5.75 Å². The molecule has 2 aliphatic rings. The fraction of sp³-hybridized carbons (Fsp3) is 0.625. The third kappa shape index (κ3) is 2.42. The summed E-state index contributed by atoms with van der Waals surface area (Å²) in [7, 11) is 1.64. The van der Waals surface area contributed by atoms with Crippen LogP contribution in [-0.4, -0.2) is 37.7 Å². The molecule has 2 fully saturated rings. The molecule has 1 aliphatic heterocycles. The van der Waals surface area contributed by atoms with Gasteiger partial charge in [-0.15, -0.1) is 0 Å². The van der Waals surface area contributed by atoms with Crippen LogP contribution >= 0.6 is 0 Å². The first-order valence-electron chi connectivity index (χ1n) is 7.47. The van der Waals surface area contributed by atoms with Crippen molar-refractivity contribution < 1.29 is 9.13 Å². The molecule has 0 unspecified atom stereocenters. The highest BCUT2D eigenvalue weighted by molar-refractivity contribution is 5.41. The van der Waals surface area contributed by atoms with Gasteiger partial charge in [0.05, 0.1) is 7.11 Å². The zero-order chi connectivity index (χ0) is 14.2. The van der Waals surface area contributed by atoms with Crippen molar-refractivity contribution in [3.8, 4) is 5.75 Å². The van der Waals surface area contributed by atoms with Crippen LogP contribution in [0.25, 0.3) is 0 Å². The fourth-order valence-electron chi connectivity index (χ4n) is 3.43. The topological polar surface area (TPSA) is 38.5 Å². The van der Waals surface area contributed by atoms with Crippen LogP contribution in [0.2, 0.25) is 0 Å². The minimum absolute atomic E-state index is 0.140. The molecule has 3 nitrogen and oxygen atoms in total. The molecule has 1 aromatic rings. The van der Waals surface area contributed by atoms with E-state index in [4.69, 9.17) is 10.5 Å². The third-order valence-electron chi connectivity index (χ3n) is 4.94. The van der Waals surface area contributed by atoms with E-state index in [2.05, 4.69) is 4.90 Å². The van der Waals surface area contributed by atoms with Crippen molar-refractivity contribution in [1.82, 2.24) is 4.90 Å². The number of hydrogen-bond donors (Lipinski definition) is 1. The maximum Gasteiger partial charge on any atom is 0.123 e. The quantitative estimate of drug-likeness (QED) is 0.918. The number of nitrogens with zero attached hydrogens (tertiary/aromatic N) is 1. The summed E-state index contributed by atoms with van der Waals surface area (Å²) in [6.07, 6.45) is 4.64. The summed E-state index contributed by atoms with van der Waals surface area (Å²) >= 11 is 0. The van der Waals surface area contributed by atoms with Crippen molar-refractivity contribution >= 4 is 0 Å². The lowest BCUT2D eigenvalue weighted by atomic mass is 9.72. The fourth-order valence-corrected chi connectivity index (χ4v) is 3.43. The molecule has 0 aromatic heterocycles. The Kier molecular flexibility index (Phi) is 3.69. The molecule has 1 saturated carbocycles. The van der Waals surface area contributed by atoms with E-state index in [1.54, 1.807) is 19.2 Å². The second-order valence-corrected chi connectivity index (χ2v) is 6.10. The molecule has 2 N–H and O–H groups in total. The van der Waals surface area contributed by atoms with E-state index in [1.165, 1.54) is 18.9 Å². The first kappa shape index (κ1) is 13.8. The second-order valence-electron chi connectivity index (χ2n) is 6.10. The van der Waals surface area contributed by atoms with Gasteiger partial charge in [-0.3, -0.25) is 0 Å². The zero-order valence-corrected chi connectivity index (χ0v) is 12.1. The van der Waals surface area contributed by atoms with Crippen LogP contribution in [0.15, 0.2) is 18.2 Å². The number of halogens is 1. The predicted molar refractivity (Wildman–Crippen MR) is 77.5 cm³/mol. The highest BCUT2D eigenvalue weighted by atomic mass is 19.1. The Bertz CT molecular complexity index is 479. The van der Waals surface area contributed by atoms with Crippen molar-refractivity contribution in [2.75, 3.05) is 26.7 Å². The summed E-state index contributed by atoms with van der Waals surface area (Å²) in [5, 5.41) is 0. The summed E-state index contributed by atoms with van der Waals surface area (Å²) in [4.78, 5) is 2.56. The molecule has 0 bridgehead atoms. The van der Waals surface area contributed by atoms with Crippen LogP contribution in [0, 0.1) is 5.82 Å². The summed E-state index contributed by atoms with van der Waals surface area (Å²) in [6.45, 7) is 2.66. The highest BCUT2D eigenvalue weighted by Crippen LogP contribution is 2.42. The molecule has 1 aliphatic carbocycles. The van der Waals surface area contributed by atoms with Gasteiger partial charge in [0.25, 0.3) is 0 Å². The van der Waals surface area contributed by atoms with Gasteiger partial charge in [0, 0.05) is 23.6 Å². The predicted octanol–water partition coefficient (Wildman–Crippen LogP) is 2.29. The summed E-state index contributed by atoms with van der Waals surface area (Å²) < 4.78 is 19.1. The number of likely N-dealkylation sites (tertiary alicyclic amines) is 1. The normalized spacial score (nSPS) is 22.8. The van der Waals surface area contributed by atoms with Gasteiger partial charge >= 0.3 is 0 Å². The van der Waals surface area contributed by atoms with Crippen molar-refractivity contribution in [3.63, 3.8) is 0 Å². The maximum absolute atomic E-state index is 13.7. The van der Waals surface area contributed by atoms with Gasteiger partial charge in [-0.25, -0.2) is 4.39 Å². The zero-order valence-electron chi connectivity index (χ0n) is 12.1. The van der Waals surface area contributed by atoms with Gasteiger partial charge in [0.1, 0.15) is 11.6 Å². The molecule has 4 heteroatoms. The van der Waals surface area contributed by atoms with E-state index in [-0.39, 0.29) is 11.2 Å². The van der Waals surface area contributed by atoms with E-state index in [9.17, 15) is 4.39 Å². The maximum atomic E-state index is 13.7. The van der Waals surface area contributed by atoms with Crippen molar-refractivity contribution in [2.24, 2.45) is 5.73 Å². The summed E-state index contributed by atoms with van der Waals surface area (Å²) in [6, 6.07) is 5.57. The Morgan fingerprint density at radius 2 is 2.05 bits per heavy atom. The average molecular weight is 278 g/mol. The van der Waals surface area contributed by atoms with Crippen molar-refractivity contribution in [3.05, 3.63) is 29.6 Å². The molecule has 1 heterocycles. The van der Waals surface area contributed by atoms with E-state index >= 15 is 0 Å². The van der Waals surface area contributed by atoms with Gasteiger partial charge in [-0.1, -0.05) is 0 Å². The van der Waals surface area contributed by atoms with Gasteiger partial charge in [-0.05, 0) is 57.0 Å². The first-order valence-corrected chi connectivity index (χ1v) is 7.47. The Morgan fingerprint density at radius 3 is 2.60 bits per heavy atom. The number of benzene rings is 1. The lowest BCUT2D eigenvalue weighted by molar-refractivity contribution is 0.153. The lowest BCUT2D eigenvalue weighted by Gasteiger charge is -2.42. The van der Waals surface area contributed by atoms with Crippen LogP contribution in [0.1, 0.15) is 31.2 Å². The van der Waals surface area contributed by atoms with Gasteiger partial charge < -0.3 is 15.4 Å². The van der Waals surface area contributed by atoms with Crippen LogP contribution in [-0.2, 0) is 5.41 Å². The van der Waals surface area contributed by atoms with Gasteiger partial charge in [0.15, 0.2) is 0 Å². The first-order chi connectivity index (χ1) is 9.68. The van der Waals surface area contributed by atoms with E-state index in [0.29, 0.717) is 6.54 Å². The molecular formula is C16H23FN2O. The molecule has 0 radical (unpaired) electrons. The molecule has 20 heavy (non-hydrogen) atoms. The number of piperidine rings is 1. The highest BCUT2D eigenvalue weighted by Gasteiger charge is 2.40. The Hall–Kier alpha value is -1.13. The summed E-state index contributed by atoms with van der Waals surface area (Å²) in [5.74, 6) is 0.551. The number of ether oxygens (including phenoxy) is 1. The number of methoxy groups -OCH3 is 1. The van der Waals surface area contributed by atoms with E-state index in [0.717, 1.165) is 43.3 Å². The second kappa shape index (κ2) is 5.34. The molecule has 3 rings (SSSR count). The molecule has 1 saturated heterocycles. The minimum Gasteiger partial charge on any atom is -0.496 e. The number of nitrogens with two attached hydrogens (primary N) is 1. The van der Waals surface area contributed by atoms with Crippen molar-refractivity contribution in [1.29, 1.82) is 0 Å². The SMILES string of the molecule is COc1ccc(F)cc1C1(CN)CCN(C2CC2)CC1. The van der Waals surface area contributed by atoms with E-state index < -0.39 is 0 Å². The number of rotatable bonds is 4. The Morgan fingerprint density at radius 1 is 1.35 bits per heavy atom.